The molecule has 3 nitrogen and oxygen atoms in total. The first-order valence-corrected chi connectivity index (χ1v) is 4.96. The van der Waals surface area contributed by atoms with Gasteiger partial charge in [0.05, 0.1) is 5.69 Å². The Kier molecular flexibility index (Phi) is 2.64. The van der Waals surface area contributed by atoms with Crippen LogP contribution in [0.4, 0.5) is 0 Å². The molecular formula is C11H10ClN3. The molecule has 0 aliphatic carbocycles. The summed E-state index contributed by atoms with van der Waals surface area (Å²) in [5.74, 6) is 0. The summed E-state index contributed by atoms with van der Waals surface area (Å²) in [6, 6.07) is 2.03. The van der Waals surface area contributed by atoms with Gasteiger partial charge in [0, 0.05) is 24.2 Å². The Bertz CT molecular complexity index is 497. The molecule has 2 aromatic heterocycles. The lowest BCUT2D eigenvalue weighted by atomic mass is 10.1. The van der Waals surface area contributed by atoms with Crippen molar-refractivity contribution >= 4 is 11.6 Å². The summed E-state index contributed by atoms with van der Waals surface area (Å²) >= 11 is 5.76. The predicted molar refractivity (Wildman–Crippen MR) is 59.7 cm³/mol. The molecule has 0 radical (unpaired) electrons. The van der Waals surface area contributed by atoms with Crippen LogP contribution in [0.1, 0.15) is 11.1 Å². The zero-order chi connectivity index (χ0) is 10.8. The fourth-order valence-electron chi connectivity index (χ4n) is 1.40. The summed E-state index contributed by atoms with van der Waals surface area (Å²) in [7, 11) is 0. The van der Waals surface area contributed by atoms with Crippen LogP contribution in [0.25, 0.3) is 11.3 Å². The van der Waals surface area contributed by atoms with Crippen LogP contribution >= 0.6 is 11.6 Å². The molecule has 4 heteroatoms. The van der Waals surface area contributed by atoms with Crippen LogP contribution in [0.15, 0.2) is 24.7 Å². The second kappa shape index (κ2) is 3.95. The van der Waals surface area contributed by atoms with Crippen LogP contribution in [0.2, 0.25) is 5.28 Å². The normalized spacial score (nSPS) is 10.3. The Morgan fingerprint density at radius 1 is 1.13 bits per heavy atom. The smallest absolute Gasteiger partial charge is 0.222 e. The molecule has 0 aliphatic heterocycles. The van der Waals surface area contributed by atoms with E-state index in [2.05, 4.69) is 15.0 Å². The van der Waals surface area contributed by atoms with Gasteiger partial charge in [0.25, 0.3) is 0 Å². The van der Waals surface area contributed by atoms with Crippen LogP contribution < -0.4 is 0 Å². The molecule has 0 atom stereocenters. The number of hydrogen-bond acceptors (Lipinski definition) is 3. The second-order valence-electron chi connectivity index (χ2n) is 3.42. The lowest BCUT2D eigenvalue weighted by Crippen LogP contribution is -1.92. The molecule has 76 valence electrons. The second-order valence-corrected chi connectivity index (χ2v) is 3.76. The molecule has 2 aromatic rings. The van der Waals surface area contributed by atoms with E-state index in [0.717, 1.165) is 22.4 Å². The van der Waals surface area contributed by atoms with Crippen LogP contribution in [-0.2, 0) is 0 Å². The van der Waals surface area contributed by atoms with E-state index in [1.807, 2.05) is 26.1 Å². The van der Waals surface area contributed by atoms with Gasteiger partial charge in [-0.2, -0.15) is 0 Å². The Hall–Kier alpha value is -1.48. The molecule has 0 aromatic carbocycles. The van der Waals surface area contributed by atoms with Gasteiger partial charge in [-0.05, 0) is 42.6 Å². The number of aromatic nitrogens is 3. The van der Waals surface area contributed by atoms with Crippen molar-refractivity contribution in [2.24, 2.45) is 0 Å². The zero-order valence-electron chi connectivity index (χ0n) is 8.53. The largest absolute Gasteiger partial charge is 0.264 e. The van der Waals surface area contributed by atoms with Gasteiger partial charge in [-0.15, -0.1) is 0 Å². The first-order valence-electron chi connectivity index (χ1n) is 4.58. The number of nitrogens with zero attached hydrogens (tertiary/aromatic N) is 3. The van der Waals surface area contributed by atoms with E-state index in [1.165, 1.54) is 0 Å². The maximum atomic E-state index is 5.76. The van der Waals surface area contributed by atoms with Gasteiger partial charge in [0.15, 0.2) is 0 Å². The summed E-state index contributed by atoms with van der Waals surface area (Å²) in [5.41, 5.74) is 3.90. The molecule has 0 N–H and O–H groups in total. The lowest BCUT2D eigenvalue weighted by molar-refractivity contribution is 1.13. The third kappa shape index (κ3) is 2.13. The summed E-state index contributed by atoms with van der Waals surface area (Å²) in [6.45, 7) is 3.95. The molecule has 0 saturated heterocycles. The van der Waals surface area contributed by atoms with Crippen molar-refractivity contribution in [3.63, 3.8) is 0 Å². The minimum atomic E-state index is 0.261. The van der Waals surface area contributed by atoms with Gasteiger partial charge in [0.1, 0.15) is 0 Å². The Balaban J connectivity index is 2.58. The summed E-state index contributed by atoms with van der Waals surface area (Å²) in [5, 5.41) is 0.261. The molecule has 2 rings (SSSR count). The summed E-state index contributed by atoms with van der Waals surface area (Å²) < 4.78 is 0. The average Bonchev–Trinajstić information content (AvgIpc) is 2.22. The molecule has 0 saturated carbocycles. The van der Waals surface area contributed by atoms with E-state index < -0.39 is 0 Å². The lowest BCUT2D eigenvalue weighted by Gasteiger charge is -2.04. The van der Waals surface area contributed by atoms with Crippen molar-refractivity contribution in [3.05, 3.63) is 41.1 Å². The number of halogens is 1. The number of pyridine rings is 1. The molecule has 0 aliphatic rings. The Morgan fingerprint density at radius 3 is 2.67 bits per heavy atom. The highest BCUT2D eigenvalue weighted by atomic mass is 35.5. The maximum absolute atomic E-state index is 5.76. The highest BCUT2D eigenvalue weighted by Crippen LogP contribution is 2.21. The van der Waals surface area contributed by atoms with Gasteiger partial charge >= 0.3 is 0 Å². The van der Waals surface area contributed by atoms with Crippen molar-refractivity contribution in [1.82, 2.24) is 15.0 Å². The van der Waals surface area contributed by atoms with E-state index >= 15 is 0 Å². The fourth-order valence-corrected chi connectivity index (χ4v) is 1.53. The molecule has 0 bridgehead atoms. The van der Waals surface area contributed by atoms with Gasteiger partial charge in [-0.3, -0.25) is 4.98 Å². The van der Waals surface area contributed by atoms with Gasteiger partial charge < -0.3 is 0 Å². The van der Waals surface area contributed by atoms with Crippen molar-refractivity contribution in [3.8, 4) is 11.3 Å². The summed E-state index contributed by atoms with van der Waals surface area (Å²) in [6.07, 6.45) is 5.30. The minimum absolute atomic E-state index is 0.261. The van der Waals surface area contributed by atoms with E-state index in [4.69, 9.17) is 11.6 Å². The zero-order valence-corrected chi connectivity index (χ0v) is 9.28. The molecule has 0 amide bonds. The summed E-state index contributed by atoms with van der Waals surface area (Å²) in [4.78, 5) is 12.2. The molecular weight excluding hydrogens is 210 g/mol. The van der Waals surface area contributed by atoms with Crippen LogP contribution in [0.5, 0.6) is 0 Å². The fraction of sp³-hybridized carbons (Fsp3) is 0.182. The molecule has 2 heterocycles. The third-order valence-corrected chi connectivity index (χ3v) is 2.27. The first-order chi connectivity index (χ1) is 7.16. The van der Waals surface area contributed by atoms with Crippen molar-refractivity contribution < 1.29 is 0 Å². The molecule has 0 fully saturated rings. The number of hydrogen-bond donors (Lipinski definition) is 0. The van der Waals surface area contributed by atoms with Gasteiger partial charge in [-0.1, -0.05) is 0 Å². The predicted octanol–water partition coefficient (Wildman–Crippen LogP) is 2.81. The minimum Gasteiger partial charge on any atom is -0.264 e. The quantitative estimate of drug-likeness (QED) is 0.693. The number of rotatable bonds is 1. The van der Waals surface area contributed by atoms with E-state index in [0.29, 0.717) is 0 Å². The van der Waals surface area contributed by atoms with Crippen LogP contribution in [-0.4, -0.2) is 15.0 Å². The van der Waals surface area contributed by atoms with Crippen molar-refractivity contribution in [2.45, 2.75) is 13.8 Å². The monoisotopic (exact) mass is 219 g/mol. The number of aryl methyl sites for hydroxylation is 2. The van der Waals surface area contributed by atoms with Crippen LogP contribution in [0, 0.1) is 13.8 Å². The van der Waals surface area contributed by atoms with Crippen molar-refractivity contribution in [2.75, 3.05) is 0 Å². The molecule has 15 heavy (non-hydrogen) atoms. The highest BCUT2D eigenvalue weighted by Gasteiger charge is 2.05. The Labute approximate surface area is 93.2 Å². The van der Waals surface area contributed by atoms with E-state index in [1.54, 1.807) is 12.4 Å². The van der Waals surface area contributed by atoms with Gasteiger partial charge in [0.2, 0.25) is 5.28 Å². The average molecular weight is 220 g/mol. The topological polar surface area (TPSA) is 38.7 Å². The Morgan fingerprint density at radius 2 is 1.93 bits per heavy atom. The maximum Gasteiger partial charge on any atom is 0.222 e. The SMILES string of the molecule is Cc1cncc(-c2nc(Cl)ncc2C)c1. The van der Waals surface area contributed by atoms with E-state index in [9.17, 15) is 0 Å². The van der Waals surface area contributed by atoms with E-state index in [-0.39, 0.29) is 5.28 Å². The molecule has 0 spiro atoms. The first kappa shape index (κ1) is 10.1. The standard InChI is InChI=1S/C11H10ClN3/c1-7-3-9(6-13-4-7)10-8(2)5-14-11(12)15-10/h3-6H,1-2H3. The van der Waals surface area contributed by atoms with Gasteiger partial charge in [-0.25, -0.2) is 9.97 Å². The van der Waals surface area contributed by atoms with Crippen LogP contribution in [0.3, 0.4) is 0 Å². The molecule has 0 unspecified atom stereocenters. The van der Waals surface area contributed by atoms with Crippen molar-refractivity contribution in [1.29, 1.82) is 0 Å². The highest BCUT2D eigenvalue weighted by molar-refractivity contribution is 6.28. The third-order valence-electron chi connectivity index (χ3n) is 2.09.